The maximum absolute atomic E-state index is 13.9. The minimum absolute atomic E-state index is 0.0233. The molecule has 2 aliphatic rings. The summed E-state index contributed by atoms with van der Waals surface area (Å²) < 4.78 is 67.6. The first-order valence-corrected chi connectivity index (χ1v) is 16.3. The molecule has 9 nitrogen and oxygen atoms in total. The summed E-state index contributed by atoms with van der Waals surface area (Å²) in [5.41, 5.74) is 0.779. The molecule has 1 aromatic heterocycles. The molecule has 3 unspecified atom stereocenters. The van der Waals surface area contributed by atoms with Crippen LogP contribution in [0, 0.1) is 17.5 Å². The monoisotopic (exact) mass is 688 g/mol. The second-order valence-corrected chi connectivity index (χ2v) is 12.8. The van der Waals surface area contributed by atoms with Gasteiger partial charge in [-0.2, -0.15) is 0 Å². The van der Waals surface area contributed by atoms with Gasteiger partial charge in [-0.05, 0) is 43.7 Å². The van der Waals surface area contributed by atoms with Gasteiger partial charge in [0, 0.05) is 41.2 Å². The summed E-state index contributed by atoms with van der Waals surface area (Å²) in [5, 5.41) is 8.58. The molecule has 3 heterocycles. The molecule has 0 spiro atoms. The van der Waals surface area contributed by atoms with Crippen molar-refractivity contribution in [3.05, 3.63) is 100 Å². The van der Waals surface area contributed by atoms with E-state index in [4.69, 9.17) is 30.5 Å². The molecule has 5 atom stereocenters. The summed E-state index contributed by atoms with van der Waals surface area (Å²) in [5.74, 6) is -4.34. The number of nitrogens with zero attached hydrogens (tertiary/aromatic N) is 4. The van der Waals surface area contributed by atoms with Crippen LogP contribution in [0.15, 0.2) is 71.8 Å². The summed E-state index contributed by atoms with van der Waals surface area (Å²) in [6.45, 7) is 3.58. The molecule has 47 heavy (non-hydrogen) atoms. The lowest BCUT2D eigenvalue weighted by molar-refractivity contribution is -0.267. The van der Waals surface area contributed by atoms with Gasteiger partial charge in [0.1, 0.15) is 23.3 Å². The summed E-state index contributed by atoms with van der Waals surface area (Å²) in [4.78, 5) is 15.7. The average Bonchev–Trinajstić information content (AvgIpc) is 3.51. The van der Waals surface area contributed by atoms with Crippen LogP contribution >= 0.6 is 23.4 Å². The third-order valence-corrected chi connectivity index (χ3v) is 9.48. The Bertz CT molecular complexity index is 1690. The Morgan fingerprint density at radius 2 is 1.85 bits per heavy atom. The van der Waals surface area contributed by atoms with E-state index in [2.05, 4.69) is 10.3 Å². The molecule has 248 valence electrons. The first kappa shape index (κ1) is 33.4. The highest BCUT2D eigenvalue weighted by Gasteiger charge is 2.36. The fourth-order valence-corrected chi connectivity index (χ4v) is 6.71. The van der Waals surface area contributed by atoms with E-state index in [1.165, 1.54) is 29.8 Å². The lowest BCUT2D eigenvalue weighted by Gasteiger charge is -2.38. The lowest BCUT2D eigenvalue weighted by atomic mass is 10.1. The van der Waals surface area contributed by atoms with Crippen molar-refractivity contribution in [3.8, 4) is 11.3 Å². The highest BCUT2D eigenvalue weighted by molar-refractivity contribution is 8.00. The van der Waals surface area contributed by atoms with Crippen molar-refractivity contribution in [3.63, 3.8) is 0 Å². The van der Waals surface area contributed by atoms with Crippen molar-refractivity contribution in [1.82, 2.24) is 19.9 Å². The smallest absolute Gasteiger partial charge is 0.254 e. The van der Waals surface area contributed by atoms with Gasteiger partial charge in [-0.1, -0.05) is 58.9 Å². The highest BCUT2D eigenvalue weighted by atomic mass is 35.5. The first-order valence-electron chi connectivity index (χ1n) is 15.0. The van der Waals surface area contributed by atoms with Gasteiger partial charge in [-0.3, -0.25) is 4.79 Å². The Hall–Kier alpha value is -3.46. The van der Waals surface area contributed by atoms with Gasteiger partial charge in [0.2, 0.25) is 0 Å². The molecule has 0 aliphatic carbocycles. The van der Waals surface area contributed by atoms with Gasteiger partial charge in [0.25, 0.3) is 5.91 Å². The molecular weight excluding hydrogens is 657 g/mol. The van der Waals surface area contributed by atoms with Crippen LogP contribution in [0.2, 0.25) is 5.02 Å². The number of carbonyl (C=O) groups excluding carboxylic acids is 1. The van der Waals surface area contributed by atoms with E-state index in [0.29, 0.717) is 28.6 Å². The molecule has 6 rings (SSSR count). The molecule has 0 radical (unpaired) electrons. The third-order valence-electron chi connectivity index (χ3n) is 8.01. The number of methoxy groups -OCH3 is 1. The van der Waals surface area contributed by atoms with Crippen LogP contribution in [0.1, 0.15) is 35.6 Å². The second kappa shape index (κ2) is 14.8. The number of ether oxygens (including phenoxy) is 4. The minimum atomic E-state index is -1.56. The zero-order valence-electron chi connectivity index (χ0n) is 25.5. The van der Waals surface area contributed by atoms with Crippen molar-refractivity contribution in [2.24, 2.45) is 0 Å². The number of benzene rings is 3. The molecule has 0 bridgehead atoms. The molecule has 2 aliphatic heterocycles. The number of hydrogen-bond acceptors (Lipinski definition) is 8. The normalized spacial score (nSPS) is 20.9. The maximum atomic E-state index is 13.9. The third kappa shape index (κ3) is 7.66. The van der Waals surface area contributed by atoms with Gasteiger partial charge in [-0.15, -0.1) is 5.10 Å². The van der Waals surface area contributed by atoms with Gasteiger partial charge in [0.05, 0.1) is 31.0 Å². The van der Waals surface area contributed by atoms with Crippen LogP contribution in [-0.4, -0.2) is 76.4 Å². The molecule has 0 N–H and O–H groups in total. The molecular formula is C33H32ClF3N4O5S. The van der Waals surface area contributed by atoms with Crippen molar-refractivity contribution < 1.29 is 36.9 Å². The zero-order chi connectivity index (χ0) is 33.1. The number of thioether (sulfide) groups is 1. The summed E-state index contributed by atoms with van der Waals surface area (Å²) >= 11 is 7.68. The second-order valence-electron chi connectivity index (χ2n) is 11.2. The summed E-state index contributed by atoms with van der Waals surface area (Å²) in [7, 11) is 1.51. The fraction of sp³-hybridized carbons (Fsp3) is 0.364. The Labute approximate surface area is 278 Å². The van der Waals surface area contributed by atoms with Crippen LogP contribution in [0.3, 0.4) is 0 Å². The Kier molecular flexibility index (Phi) is 10.5. The number of hydrogen-bond donors (Lipinski definition) is 0. The predicted molar refractivity (Wildman–Crippen MR) is 168 cm³/mol. The van der Waals surface area contributed by atoms with Crippen LogP contribution in [0.4, 0.5) is 13.2 Å². The van der Waals surface area contributed by atoms with E-state index >= 15 is 0 Å². The van der Waals surface area contributed by atoms with Crippen LogP contribution in [0.5, 0.6) is 0 Å². The zero-order valence-corrected chi connectivity index (χ0v) is 27.1. The number of carbonyl (C=O) groups is 1. The topological polar surface area (TPSA) is 87.9 Å². The van der Waals surface area contributed by atoms with Crippen molar-refractivity contribution in [1.29, 1.82) is 0 Å². The van der Waals surface area contributed by atoms with E-state index in [9.17, 15) is 18.0 Å². The van der Waals surface area contributed by atoms with Gasteiger partial charge in [0.15, 0.2) is 23.7 Å². The standard InChI is InChI=1S/C33H32ClF3N4O5S/c1-19-28(18-44-32(45-19)20-7-4-3-5-8-20)46-33(47-29-15-22(34)9-10-23(29)31(42)40-11-6-12-40)27(43-2)17-41-16-26(38-39-41)21-13-24(35)30(37)25(36)14-21/h3-5,7-10,13-16,19,27-28,32-33H,6,11-12,17-18H2,1-2H3/t19-,27+,28?,32?,33?/m1/s1. The van der Waals surface area contributed by atoms with Gasteiger partial charge < -0.3 is 23.8 Å². The molecule has 1 amide bonds. The fourth-order valence-electron chi connectivity index (χ4n) is 5.20. The van der Waals surface area contributed by atoms with E-state index in [0.717, 1.165) is 24.1 Å². The minimum Gasteiger partial charge on any atom is -0.376 e. The van der Waals surface area contributed by atoms with E-state index in [-0.39, 0.29) is 36.4 Å². The maximum Gasteiger partial charge on any atom is 0.254 e. The van der Waals surface area contributed by atoms with Crippen molar-refractivity contribution >= 4 is 29.3 Å². The molecule has 3 aromatic carbocycles. The molecule has 2 fully saturated rings. The Morgan fingerprint density at radius 3 is 2.51 bits per heavy atom. The Balaban J connectivity index is 1.26. The molecule has 4 aromatic rings. The number of likely N-dealkylation sites (tertiary alicyclic amines) is 1. The lowest BCUT2D eigenvalue weighted by Crippen LogP contribution is -2.45. The van der Waals surface area contributed by atoms with Gasteiger partial charge in [-0.25, -0.2) is 17.9 Å². The largest absolute Gasteiger partial charge is 0.376 e. The Morgan fingerprint density at radius 1 is 1.11 bits per heavy atom. The SMILES string of the molecule is CO[C@@H](Cn1cc(-c2cc(F)c(F)c(F)c2)nn1)C(OC1COC(c2ccccc2)O[C@@H]1C)Sc1cc(Cl)ccc1C(=O)N1CCC1. The molecule has 14 heteroatoms. The summed E-state index contributed by atoms with van der Waals surface area (Å²) in [6.07, 6.45) is 0.269. The van der Waals surface area contributed by atoms with Crippen molar-refractivity contribution in [2.45, 2.75) is 54.8 Å². The molecule has 0 saturated carbocycles. The predicted octanol–water partition coefficient (Wildman–Crippen LogP) is 6.51. The summed E-state index contributed by atoms with van der Waals surface area (Å²) in [6, 6.07) is 16.4. The van der Waals surface area contributed by atoms with E-state index in [1.807, 2.05) is 37.3 Å². The van der Waals surface area contributed by atoms with Crippen LogP contribution in [0.25, 0.3) is 11.3 Å². The highest BCUT2D eigenvalue weighted by Crippen LogP contribution is 2.37. The number of amides is 1. The van der Waals surface area contributed by atoms with E-state index in [1.54, 1.807) is 23.1 Å². The van der Waals surface area contributed by atoms with E-state index < -0.39 is 41.4 Å². The quantitative estimate of drug-likeness (QED) is 0.100. The van der Waals surface area contributed by atoms with Crippen LogP contribution in [-0.2, 0) is 25.5 Å². The number of halogens is 4. The van der Waals surface area contributed by atoms with Crippen LogP contribution < -0.4 is 0 Å². The number of aromatic nitrogens is 3. The van der Waals surface area contributed by atoms with Gasteiger partial charge >= 0.3 is 0 Å². The average molecular weight is 689 g/mol. The van der Waals surface area contributed by atoms with Crippen molar-refractivity contribution in [2.75, 3.05) is 26.8 Å². The molecule has 2 saturated heterocycles. The first-order chi connectivity index (χ1) is 22.7. The number of rotatable bonds is 11.